The first-order chi connectivity index (χ1) is 8.68. The Labute approximate surface area is 107 Å². The van der Waals surface area contributed by atoms with Gasteiger partial charge in [0.1, 0.15) is 5.82 Å². The SMILES string of the molecule is Cc1cccc(-c2cccc3c2CC[C@@H]3C)c1F. The Morgan fingerprint density at radius 3 is 2.61 bits per heavy atom. The number of benzene rings is 2. The van der Waals surface area contributed by atoms with Gasteiger partial charge in [-0.1, -0.05) is 43.3 Å². The van der Waals surface area contributed by atoms with E-state index in [-0.39, 0.29) is 5.82 Å². The summed E-state index contributed by atoms with van der Waals surface area (Å²) in [6.07, 6.45) is 2.25. The molecule has 0 unspecified atom stereocenters. The topological polar surface area (TPSA) is 0 Å². The first-order valence-electron chi connectivity index (χ1n) is 6.55. The molecule has 18 heavy (non-hydrogen) atoms. The van der Waals surface area contributed by atoms with Crippen molar-refractivity contribution in [3.63, 3.8) is 0 Å². The molecule has 0 aliphatic heterocycles. The van der Waals surface area contributed by atoms with Gasteiger partial charge in [0.25, 0.3) is 0 Å². The lowest BCUT2D eigenvalue weighted by molar-refractivity contribution is 0.622. The van der Waals surface area contributed by atoms with Crippen molar-refractivity contribution in [1.82, 2.24) is 0 Å². The van der Waals surface area contributed by atoms with Crippen molar-refractivity contribution < 1.29 is 4.39 Å². The fourth-order valence-electron chi connectivity index (χ4n) is 2.97. The van der Waals surface area contributed by atoms with Gasteiger partial charge in [0.05, 0.1) is 0 Å². The van der Waals surface area contributed by atoms with Crippen LogP contribution in [0.4, 0.5) is 4.39 Å². The molecule has 0 nitrogen and oxygen atoms in total. The maximum atomic E-state index is 14.3. The van der Waals surface area contributed by atoms with Crippen molar-refractivity contribution in [2.24, 2.45) is 0 Å². The Balaban J connectivity index is 2.22. The van der Waals surface area contributed by atoms with Crippen molar-refractivity contribution in [3.05, 3.63) is 58.9 Å². The molecule has 0 radical (unpaired) electrons. The third-order valence-electron chi connectivity index (χ3n) is 4.05. The Kier molecular flexibility index (Phi) is 2.70. The molecule has 0 aromatic heterocycles. The predicted molar refractivity (Wildman–Crippen MR) is 73.3 cm³/mol. The minimum Gasteiger partial charge on any atom is -0.206 e. The number of rotatable bonds is 1. The van der Waals surface area contributed by atoms with Gasteiger partial charge in [-0.3, -0.25) is 0 Å². The zero-order valence-electron chi connectivity index (χ0n) is 10.8. The highest BCUT2D eigenvalue weighted by Gasteiger charge is 2.22. The van der Waals surface area contributed by atoms with Crippen LogP contribution in [-0.4, -0.2) is 0 Å². The molecular weight excluding hydrogens is 223 g/mol. The lowest BCUT2D eigenvalue weighted by atomic mass is 9.94. The summed E-state index contributed by atoms with van der Waals surface area (Å²) in [5, 5.41) is 0. The van der Waals surface area contributed by atoms with Crippen LogP contribution >= 0.6 is 0 Å². The van der Waals surface area contributed by atoms with Crippen LogP contribution in [0.5, 0.6) is 0 Å². The standard InChI is InChI=1S/C17H17F/c1-11-9-10-15-13(11)6-4-7-14(15)16-8-3-5-12(2)17(16)18/h3-8,11H,9-10H2,1-2H3/t11-/m0/s1. The van der Waals surface area contributed by atoms with E-state index < -0.39 is 0 Å². The fraction of sp³-hybridized carbons (Fsp3) is 0.294. The normalized spacial score (nSPS) is 17.8. The van der Waals surface area contributed by atoms with E-state index in [0.717, 1.165) is 23.1 Å². The maximum Gasteiger partial charge on any atom is 0.133 e. The predicted octanol–water partition coefficient (Wildman–Crippen LogP) is 4.85. The summed E-state index contributed by atoms with van der Waals surface area (Å²) in [6.45, 7) is 4.08. The van der Waals surface area contributed by atoms with Gasteiger partial charge in [0, 0.05) is 5.56 Å². The van der Waals surface area contributed by atoms with Gasteiger partial charge in [-0.2, -0.15) is 0 Å². The zero-order chi connectivity index (χ0) is 12.7. The van der Waals surface area contributed by atoms with Crippen LogP contribution in [0, 0.1) is 12.7 Å². The highest BCUT2D eigenvalue weighted by atomic mass is 19.1. The summed E-state index contributed by atoms with van der Waals surface area (Å²) in [6, 6.07) is 11.9. The molecule has 0 N–H and O–H groups in total. The maximum absolute atomic E-state index is 14.3. The quantitative estimate of drug-likeness (QED) is 0.668. The van der Waals surface area contributed by atoms with Gasteiger partial charge in [0.15, 0.2) is 0 Å². The van der Waals surface area contributed by atoms with Crippen LogP contribution in [0.15, 0.2) is 36.4 Å². The minimum absolute atomic E-state index is 0.0783. The molecule has 0 saturated heterocycles. The molecule has 1 aliphatic carbocycles. The minimum atomic E-state index is -0.0783. The van der Waals surface area contributed by atoms with Crippen LogP contribution in [0.3, 0.4) is 0 Å². The zero-order valence-corrected chi connectivity index (χ0v) is 10.8. The van der Waals surface area contributed by atoms with Crippen molar-refractivity contribution in [3.8, 4) is 11.1 Å². The van der Waals surface area contributed by atoms with Crippen LogP contribution in [0.2, 0.25) is 0 Å². The van der Waals surface area contributed by atoms with Gasteiger partial charge in [-0.25, -0.2) is 4.39 Å². The van der Waals surface area contributed by atoms with Crippen LogP contribution in [0.1, 0.15) is 36.0 Å². The molecule has 0 heterocycles. The Bertz CT molecular complexity index is 599. The molecule has 0 fully saturated rings. The van der Waals surface area contributed by atoms with Gasteiger partial charge >= 0.3 is 0 Å². The number of aryl methyl sites for hydroxylation is 1. The summed E-state index contributed by atoms with van der Waals surface area (Å²) in [4.78, 5) is 0. The van der Waals surface area contributed by atoms with E-state index in [0.29, 0.717) is 5.92 Å². The number of fused-ring (bicyclic) bond motifs is 1. The third kappa shape index (κ3) is 1.66. The molecule has 2 aromatic carbocycles. The Hall–Kier alpha value is -1.63. The number of hydrogen-bond donors (Lipinski definition) is 0. The molecule has 0 bridgehead atoms. The van der Waals surface area contributed by atoms with Gasteiger partial charge < -0.3 is 0 Å². The highest BCUT2D eigenvalue weighted by molar-refractivity contribution is 5.71. The molecule has 0 amide bonds. The summed E-state index contributed by atoms with van der Waals surface area (Å²) in [7, 11) is 0. The summed E-state index contributed by atoms with van der Waals surface area (Å²) in [5.41, 5.74) is 5.29. The van der Waals surface area contributed by atoms with E-state index in [9.17, 15) is 4.39 Å². The van der Waals surface area contributed by atoms with Crippen molar-refractivity contribution >= 4 is 0 Å². The molecule has 1 aliphatic rings. The van der Waals surface area contributed by atoms with E-state index >= 15 is 0 Å². The van der Waals surface area contributed by atoms with Gasteiger partial charge in [0.2, 0.25) is 0 Å². The van der Waals surface area contributed by atoms with Crippen LogP contribution < -0.4 is 0 Å². The fourth-order valence-corrected chi connectivity index (χ4v) is 2.97. The van der Waals surface area contributed by atoms with Crippen molar-refractivity contribution in [1.29, 1.82) is 0 Å². The van der Waals surface area contributed by atoms with Crippen molar-refractivity contribution in [2.45, 2.75) is 32.6 Å². The number of halogens is 1. The smallest absolute Gasteiger partial charge is 0.133 e. The van der Waals surface area contributed by atoms with Crippen LogP contribution in [0.25, 0.3) is 11.1 Å². The molecule has 0 saturated carbocycles. The Morgan fingerprint density at radius 2 is 1.78 bits per heavy atom. The molecule has 1 heteroatoms. The second-order valence-corrected chi connectivity index (χ2v) is 5.25. The second-order valence-electron chi connectivity index (χ2n) is 5.25. The summed E-state index contributed by atoms with van der Waals surface area (Å²) >= 11 is 0. The molecule has 1 atom stereocenters. The monoisotopic (exact) mass is 240 g/mol. The first kappa shape index (κ1) is 11.5. The molecule has 92 valence electrons. The van der Waals surface area contributed by atoms with E-state index in [1.807, 2.05) is 25.1 Å². The van der Waals surface area contributed by atoms with Crippen molar-refractivity contribution in [2.75, 3.05) is 0 Å². The Morgan fingerprint density at radius 1 is 1.06 bits per heavy atom. The average Bonchev–Trinajstić information content (AvgIpc) is 2.75. The number of hydrogen-bond acceptors (Lipinski definition) is 0. The molecule has 3 rings (SSSR count). The van der Waals surface area contributed by atoms with E-state index in [4.69, 9.17) is 0 Å². The lowest BCUT2D eigenvalue weighted by Gasteiger charge is -2.11. The molecule has 2 aromatic rings. The summed E-state index contributed by atoms with van der Waals surface area (Å²) in [5.74, 6) is 0.526. The van der Waals surface area contributed by atoms with Gasteiger partial charge in [-0.05, 0) is 47.9 Å². The largest absolute Gasteiger partial charge is 0.206 e. The summed E-state index contributed by atoms with van der Waals surface area (Å²) < 4.78 is 14.3. The lowest BCUT2D eigenvalue weighted by Crippen LogP contribution is -1.93. The van der Waals surface area contributed by atoms with Gasteiger partial charge in [-0.15, -0.1) is 0 Å². The van der Waals surface area contributed by atoms with E-state index in [1.165, 1.54) is 17.5 Å². The second kappa shape index (κ2) is 4.24. The molecule has 0 spiro atoms. The van der Waals surface area contributed by atoms with E-state index in [2.05, 4.69) is 25.1 Å². The van der Waals surface area contributed by atoms with E-state index in [1.54, 1.807) is 0 Å². The first-order valence-corrected chi connectivity index (χ1v) is 6.55. The highest BCUT2D eigenvalue weighted by Crippen LogP contribution is 2.39. The molecular formula is C17H17F. The average molecular weight is 240 g/mol. The van der Waals surface area contributed by atoms with Crippen LogP contribution in [-0.2, 0) is 6.42 Å². The third-order valence-corrected chi connectivity index (χ3v) is 4.05.